The van der Waals surface area contributed by atoms with Crippen molar-refractivity contribution in [1.82, 2.24) is 4.98 Å². The van der Waals surface area contributed by atoms with E-state index in [9.17, 15) is 0 Å². The molecule has 1 aliphatic rings. The lowest BCUT2D eigenvalue weighted by molar-refractivity contribution is 0.577. The Labute approximate surface area is 174 Å². The Bertz CT molecular complexity index is 911. The maximum atomic E-state index is 4.60. The smallest absolute Gasteiger partial charge is 0.0650 e. The highest BCUT2D eigenvalue weighted by Crippen LogP contribution is 2.25. The first-order chi connectivity index (χ1) is 13.3. The van der Waals surface area contributed by atoms with Gasteiger partial charge in [0.25, 0.3) is 0 Å². The molecule has 28 heavy (non-hydrogen) atoms. The van der Waals surface area contributed by atoms with Crippen molar-refractivity contribution in [3.8, 4) is 11.1 Å². The molecule has 1 aliphatic heterocycles. The number of hydrogen-bond acceptors (Lipinski definition) is 2. The highest BCUT2D eigenvalue weighted by atomic mass is 35.5. The Morgan fingerprint density at radius 1 is 0.821 bits per heavy atom. The topological polar surface area (TPSA) is 16.1 Å². The van der Waals surface area contributed by atoms with Crippen LogP contribution in [0.2, 0.25) is 0 Å². The predicted molar refractivity (Wildman–Crippen MR) is 123 cm³/mol. The Morgan fingerprint density at radius 3 is 2.21 bits per heavy atom. The van der Waals surface area contributed by atoms with E-state index in [2.05, 4.69) is 83.6 Å². The number of aromatic nitrogens is 1. The van der Waals surface area contributed by atoms with E-state index in [1.54, 1.807) is 0 Å². The fourth-order valence-electron chi connectivity index (χ4n) is 3.69. The molecule has 0 unspecified atom stereocenters. The Morgan fingerprint density at radius 2 is 1.50 bits per heavy atom. The summed E-state index contributed by atoms with van der Waals surface area (Å²) in [6.07, 6.45) is 10.2. The number of pyridine rings is 1. The van der Waals surface area contributed by atoms with E-state index in [-0.39, 0.29) is 12.4 Å². The van der Waals surface area contributed by atoms with Crippen molar-refractivity contribution in [2.24, 2.45) is 0 Å². The molecule has 3 aromatic rings. The first-order valence-corrected chi connectivity index (χ1v) is 9.85. The van der Waals surface area contributed by atoms with Crippen LogP contribution in [-0.2, 0) is 0 Å². The van der Waals surface area contributed by atoms with Gasteiger partial charge in [0.1, 0.15) is 0 Å². The third-order valence-corrected chi connectivity index (χ3v) is 5.26. The first-order valence-electron chi connectivity index (χ1n) is 9.85. The molecule has 0 N–H and O–H groups in total. The fourth-order valence-corrected chi connectivity index (χ4v) is 3.69. The van der Waals surface area contributed by atoms with E-state index in [4.69, 9.17) is 0 Å². The summed E-state index contributed by atoms with van der Waals surface area (Å²) in [6, 6.07) is 21.4. The average Bonchev–Trinajstić information content (AvgIpc) is 2.75. The van der Waals surface area contributed by atoms with Gasteiger partial charge in [-0.25, -0.2) is 0 Å². The molecule has 144 valence electrons. The Hall–Kier alpha value is -2.58. The molecule has 0 spiro atoms. The number of piperidine rings is 1. The molecule has 3 heteroatoms. The van der Waals surface area contributed by atoms with Crippen molar-refractivity contribution in [1.29, 1.82) is 0 Å². The van der Waals surface area contributed by atoms with E-state index >= 15 is 0 Å². The van der Waals surface area contributed by atoms with Crippen LogP contribution >= 0.6 is 12.4 Å². The average molecular weight is 391 g/mol. The second-order valence-electron chi connectivity index (χ2n) is 7.26. The van der Waals surface area contributed by atoms with Crippen molar-refractivity contribution in [3.05, 3.63) is 83.7 Å². The molecule has 0 saturated carbocycles. The van der Waals surface area contributed by atoms with E-state index in [0.29, 0.717) is 0 Å². The van der Waals surface area contributed by atoms with Gasteiger partial charge in [-0.1, -0.05) is 60.7 Å². The highest BCUT2D eigenvalue weighted by molar-refractivity contribution is 5.85. The number of halogens is 1. The third-order valence-electron chi connectivity index (χ3n) is 5.26. The van der Waals surface area contributed by atoms with Crippen LogP contribution in [0.25, 0.3) is 23.3 Å². The quantitative estimate of drug-likeness (QED) is 0.496. The van der Waals surface area contributed by atoms with Crippen LogP contribution in [0.3, 0.4) is 0 Å². The van der Waals surface area contributed by atoms with E-state index < -0.39 is 0 Å². The standard InChI is InChI=1S/C25H26N2.ClH/c1-20-19-26-24(18-25(20)27-16-6-3-7-17-27)15-12-21-10-13-23(14-11-21)22-8-4-2-5-9-22;/h2,4-5,8-15,18-19H,3,6-7,16-17H2,1H3;1H. The molecule has 1 fully saturated rings. The fraction of sp³-hybridized carbons (Fsp3) is 0.240. The van der Waals surface area contributed by atoms with E-state index in [1.807, 2.05) is 12.3 Å². The zero-order chi connectivity index (χ0) is 18.5. The van der Waals surface area contributed by atoms with Crippen LogP contribution in [0.5, 0.6) is 0 Å². The van der Waals surface area contributed by atoms with Crippen LogP contribution in [0.1, 0.15) is 36.1 Å². The summed E-state index contributed by atoms with van der Waals surface area (Å²) in [5.74, 6) is 0. The SMILES string of the molecule is Cc1cnc(C=Cc2ccc(-c3ccccc3)cc2)cc1N1CCCCC1.Cl. The largest absolute Gasteiger partial charge is 0.371 e. The van der Waals surface area contributed by atoms with Crippen molar-refractivity contribution in [3.63, 3.8) is 0 Å². The van der Waals surface area contributed by atoms with Gasteiger partial charge in [0.15, 0.2) is 0 Å². The molecule has 0 radical (unpaired) electrons. The summed E-state index contributed by atoms with van der Waals surface area (Å²) in [5, 5.41) is 0. The van der Waals surface area contributed by atoms with Crippen LogP contribution < -0.4 is 4.90 Å². The predicted octanol–water partition coefficient (Wildman–Crippen LogP) is 6.64. The second kappa shape index (κ2) is 9.57. The maximum absolute atomic E-state index is 4.60. The third kappa shape index (κ3) is 4.82. The summed E-state index contributed by atoms with van der Waals surface area (Å²) >= 11 is 0. The summed E-state index contributed by atoms with van der Waals surface area (Å²) < 4.78 is 0. The minimum Gasteiger partial charge on any atom is -0.371 e. The van der Waals surface area contributed by atoms with Crippen LogP contribution in [-0.4, -0.2) is 18.1 Å². The summed E-state index contributed by atoms with van der Waals surface area (Å²) in [6.45, 7) is 4.48. The molecule has 0 aliphatic carbocycles. The summed E-state index contributed by atoms with van der Waals surface area (Å²) in [4.78, 5) is 7.11. The molecule has 1 aromatic heterocycles. The zero-order valence-electron chi connectivity index (χ0n) is 16.3. The second-order valence-corrected chi connectivity index (χ2v) is 7.26. The number of anilines is 1. The van der Waals surface area contributed by atoms with Gasteiger partial charge in [0.05, 0.1) is 5.69 Å². The lowest BCUT2D eigenvalue weighted by Crippen LogP contribution is -2.30. The number of nitrogens with zero attached hydrogens (tertiary/aromatic N) is 2. The number of benzene rings is 2. The molecule has 4 rings (SSSR count). The minimum absolute atomic E-state index is 0. The van der Waals surface area contributed by atoms with Crippen LogP contribution in [0, 0.1) is 6.92 Å². The van der Waals surface area contributed by atoms with Gasteiger partial charge in [-0.2, -0.15) is 0 Å². The maximum Gasteiger partial charge on any atom is 0.0650 e. The van der Waals surface area contributed by atoms with Crippen molar-refractivity contribution >= 4 is 30.2 Å². The lowest BCUT2D eigenvalue weighted by Gasteiger charge is -2.30. The number of rotatable bonds is 4. The van der Waals surface area contributed by atoms with Gasteiger partial charge in [-0.3, -0.25) is 4.98 Å². The van der Waals surface area contributed by atoms with Gasteiger partial charge in [0, 0.05) is 25.0 Å². The van der Waals surface area contributed by atoms with Gasteiger partial charge < -0.3 is 4.90 Å². The van der Waals surface area contributed by atoms with Crippen LogP contribution in [0.4, 0.5) is 5.69 Å². The minimum atomic E-state index is 0. The van der Waals surface area contributed by atoms with Crippen molar-refractivity contribution < 1.29 is 0 Å². The van der Waals surface area contributed by atoms with Gasteiger partial charge in [0.2, 0.25) is 0 Å². The van der Waals surface area contributed by atoms with Gasteiger partial charge in [-0.05, 0) is 60.6 Å². The van der Waals surface area contributed by atoms with Crippen molar-refractivity contribution in [2.45, 2.75) is 26.2 Å². The van der Waals surface area contributed by atoms with E-state index in [1.165, 1.54) is 47.2 Å². The monoisotopic (exact) mass is 390 g/mol. The molecule has 0 amide bonds. The normalized spacial score (nSPS) is 14.1. The number of hydrogen-bond donors (Lipinski definition) is 0. The van der Waals surface area contributed by atoms with Gasteiger partial charge >= 0.3 is 0 Å². The summed E-state index contributed by atoms with van der Waals surface area (Å²) in [7, 11) is 0. The van der Waals surface area contributed by atoms with E-state index in [0.717, 1.165) is 18.8 Å². The number of aryl methyl sites for hydroxylation is 1. The molecular formula is C25H27ClN2. The molecule has 0 bridgehead atoms. The molecule has 0 atom stereocenters. The van der Waals surface area contributed by atoms with Gasteiger partial charge in [-0.15, -0.1) is 12.4 Å². The highest BCUT2D eigenvalue weighted by Gasteiger charge is 2.13. The Kier molecular flexibility index (Phi) is 6.89. The molecule has 1 saturated heterocycles. The lowest BCUT2D eigenvalue weighted by atomic mass is 10.0. The zero-order valence-corrected chi connectivity index (χ0v) is 17.2. The first kappa shape index (κ1) is 20.2. The molecular weight excluding hydrogens is 364 g/mol. The van der Waals surface area contributed by atoms with Crippen molar-refractivity contribution in [2.75, 3.05) is 18.0 Å². The molecule has 2 aromatic carbocycles. The van der Waals surface area contributed by atoms with Crippen LogP contribution in [0.15, 0.2) is 66.9 Å². The summed E-state index contributed by atoms with van der Waals surface area (Å²) in [5.41, 5.74) is 7.31. The molecule has 2 nitrogen and oxygen atoms in total. The molecule has 2 heterocycles. The Balaban J connectivity index is 0.00000225.